The van der Waals surface area contributed by atoms with Crippen molar-refractivity contribution in [1.29, 1.82) is 5.26 Å². The highest BCUT2D eigenvalue weighted by Gasteiger charge is 2.25. The van der Waals surface area contributed by atoms with Crippen LogP contribution in [-0.2, 0) is 9.53 Å². The minimum atomic E-state index is -0.564. The third-order valence-corrected chi connectivity index (χ3v) is 4.19. The van der Waals surface area contributed by atoms with Gasteiger partial charge in [0, 0.05) is 5.56 Å². The molecule has 2 aromatic carbocycles. The maximum Gasteiger partial charge on any atom is 0.363 e. The summed E-state index contributed by atoms with van der Waals surface area (Å²) in [4.78, 5) is 16.7. The summed E-state index contributed by atoms with van der Waals surface area (Å²) in [7, 11) is 1.49. The SMILES string of the molecule is CCOc1ccc(C2=N/C(=C\c3ccc(OCC#N)c(OC)c3)C(=O)O2)cc1OCC. The fraction of sp³-hybridized carbons (Fsp3) is 0.261. The first-order valence-corrected chi connectivity index (χ1v) is 9.70. The lowest BCUT2D eigenvalue weighted by molar-refractivity contribution is -0.129. The number of esters is 1. The van der Waals surface area contributed by atoms with Gasteiger partial charge in [0.25, 0.3) is 0 Å². The van der Waals surface area contributed by atoms with Crippen LogP contribution in [0.5, 0.6) is 23.0 Å². The molecule has 2 aromatic rings. The first-order valence-electron chi connectivity index (χ1n) is 9.70. The van der Waals surface area contributed by atoms with Crippen LogP contribution in [0.15, 0.2) is 47.1 Å². The smallest absolute Gasteiger partial charge is 0.363 e. The Labute approximate surface area is 180 Å². The summed E-state index contributed by atoms with van der Waals surface area (Å²) in [5, 5.41) is 8.67. The number of benzene rings is 2. The molecule has 0 aliphatic carbocycles. The van der Waals surface area contributed by atoms with Crippen molar-refractivity contribution in [3.63, 3.8) is 0 Å². The fourth-order valence-corrected chi connectivity index (χ4v) is 2.88. The van der Waals surface area contributed by atoms with Crippen molar-refractivity contribution in [1.82, 2.24) is 0 Å². The van der Waals surface area contributed by atoms with Crippen molar-refractivity contribution >= 4 is 17.9 Å². The lowest BCUT2D eigenvalue weighted by Gasteiger charge is -2.11. The maximum atomic E-state index is 12.4. The van der Waals surface area contributed by atoms with Gasteiger partial charge in [-0.25, -0.2) is 9.79 Å². The molecule has 0 fully saturated rings. The van der Waals surface area contributed by atoms with E-state index in [1.54, 1.807) is 42.5 Å². The Balaban J connectivity index is 1.89. The Morgan fingerprint density at radius 1 is 1.00 bits per heavy atom. The van der Waals surface area contributed by atoms with Crippen LogP contribution in [0.1, 0.15) is 25.0 Å². The number of ether oxygens (including phenoxy) is 5. The van der Waals surface area contributed by atoms with Crippen LogP contribution in [0.3, 0.4) is 0 Å². The van der Waals surface area contributed by atoms with Gasteiger partial charge in [-0.1, -0.05) is 6.07 Å². The number of nitrogens with zero attached hydrogens (tertiary/aromatic N) is 2. The molecule has 0 unspecified atom stereocenters. The van der Waals surface area contributed by atoms with E-state index in [0.29, 0.717) is 47.3 Å². The van der Waals surface area contributed by atoms with Gasteiger partial charge in [0.05, 0.1) is 20.3 Å². The van der Waals surface area contributed by atoms with E-state index < -0.39 is 5.97 Å². The summed E-state index contributed by atoms with van der Waals surface area (Å²) < 4.78 is 27.1. The Hall–Kier alpha value is -3.99. The van der Waals surface area contributed by atoms with E-state index in [2.05, 4.69) is 4.99 Å². The van der Waals surface area contributed by atoms with Crippen LogP contribution in [0.25, 0.3) is 6.08 Å². The van der Waals surface area contributed by atoms with E-state index in [1.807, 2.05) is 19.9 Å². The molecular weight excluding hydrogens is 400 g/mol. The molecule has 0 spiro atoms. The van der Waals surface area contributed by atoms with Crippen molar-refractivity contribution in [3.8, 4) is 29.1 Å². The lowest BCUT2D eigenvalue weighted by Crippen LogP contribution is -2.06. The number of hydrogen-bond acceptors (Lipinski definition) is 8. The minimum absolute atomic E-state index is 0.0946. The zero-order chi connectivity index (χ0) is 22.2. The number of carbonyl (C=O) groups excluding carboxylic acids is 1. The normalized spacial score (nSPS) is 13.9. The van der Waals surface area contributed by atoms with E-state index >= 15 is 0 Å². The third-order valence-electron chi connectivity index (χ3n) is 4.19. The van der Waals surface area contributed by atoms with Gasteiger partial charge in [0.1, 0.15) is 6.07 Å². The molecule has 1 aliphatic heterocycles. The topological polar surface area (TPSA) is 99.4 Å². The van der Waals surface area contributed by atoms with E-state index in [9.17, 15) is 4.79 Å². The fourth-order valence-electron chi connectivity index (χ4n) is 2.88. The predicted octanol–water partition coefficient (Wildman–Crippen LogP) is 3.74. The number of rotatable bonds is 9. The van der Waals surface area contributed by atoms with Crippen LogP contribution in [-0.4, -0.2) is 38.8 Å². The van der Waals surface area contributed by atoms with Gasteiger partial charge in [-0.3, -0.25) is 0 Å². The van der Waals surface area contributed by atoms with E-state index in [-0.39, 0.29) is 18.2 Å². The molecule has 0 atom stereocenters. The zero-order valence-corrected chi connectivity index (χ0v) is 17.5. The number of hydrogen-bond donors (Lipinski definition) is 0. The molecule has 0 bridgehead atoms. The molecule has 0 N–H and O–H groups in total. The molecule has 0 amide bonds. The average molecular weight is 422 g/mol. The standard InChI is InChI=1S/C23H22N2O6/c1-4-28-19-9-7-16(14-21(19)29-5-2)22-25-17(23(26)31-22)12-15-6-8-18(30-11-10-24)20(13-15)27-3/h6-9,12-14H,4-5,11H2,1-3H3/b17-12-. The van der Waals surface area contributed by atoms with E-state index in [0.717, 1.165) is 0 Å². The van der Waals surface area contributed by atoms with Crippen molar-refractivity contribution in [2.75, 3.05) is 26.9 Å². The molecule has 160 valence electrons. The highest BCUT2D eigenvalue weighted by atomic mass is 16.6. The summed E-state index contributed by atoms with van der Waals surface area (Å²) in [5.74, 6) is 1.65. The van der Waals surface area contributed by atoms with Gasteiger partial charge in [0.15, 0.2) is 35.3 Å². The molecule has 0 saturated carbocycles. The van der Waals surface area contributed by atoms with Gasteiger partial charge in [-0.15, -0.1) is 0 Å². The monoisotopic (exact) mass is 422 g/mol. The Morgan fingerprint density at radius 2 is 1.71 bits per heavy atom. The quantitative estimate of drug-likeness (QED) is 0.448. The molecule has 3 rings (SSSR count). The largest absolute Gasteiger partial charge is 0.493 e. The summed E-state index contributed by atoms with van der Waals surface area (Å²) >= 11 is 0. The molecule has 8 nitrogen and oxygen atoms in total. The van der Waals surface area contributed by atoms with Crippen LogP contribution in [0.4, 0.5) is 0 Å². The summed E-state index contributed by atoms with van der Waals surface area (Å²) in [6.45, 7) is 4.65. The number of cyclic esters (lactones) is 1. The average Bonchev–Trinajstić information content (AvgIpc) is 3.14. The summed E-state index contributed by atoms with van der Waals surface area (Å²) in [6.07, 6.45) is 1.59. The van der Waals surface area contributed by atoms with Crippen LogP contribution in [0, 0.1) is 11.3 Å². The Morgan fingerprint density at radius 3 is 2.42 bits per heavy atom. The van der Waals surface area contributed by atoms with Gasteiger partial charge < -0.3 is 23.7 Å². The molecule has 0 radical (unpaired) electrons. The molecule has 31 heavy (non-hydrogen) atoms. The number of aliphatic imine (C=N–C) groups is 1. The minimum Gasteiger partial charge on any atom is -0.493 e. The van der Waals surface area contributed by atoms with E-state index in [4.69, 9.17) is 28.9 Å². The number of carbonyl (C=O) groups is 1. The number of methoxy groups -OCH3 is 1. The van der Waals surface area contributed by atoms with Crippen molar-refractivity contribution in [2.45, 2.75) is 13.8 Å². The predicted molar refractivity (Wildman–Crippen MR) is 113 cm³/mol. The highest BCUT2D eigenvalue weighted by Crippen LogP contribution is 2.32. The van der Waals surface area contributed by atoms with Gasteiger partial charge >= 0.3 is 5.97 Å². The van der Waals surface area contributed by atoms with Crippen LogP contribution in [0.2, 0.25) is 0 Å². The maximum absolute atomic E-state index is 12.4. The Kier molecular flexibility index (Phi) is 7.12. The first-order chi connectivity index (χ1) is 15.1. The molecule has 1 aliphatic rings. The third kappa shape index (κ3) is 5.14. The molecule has 0 aromatic heterocycles. The second-order valence-corrected chi connectivity index (χ2v) is 6.22. The summed E-state index contributed by atoms with van der Waals surface area (Å²) in [6, 6.07) is 12.2. The van der Waals surface area contributed by atoms with Crippen molar-refractivity contribution < 1.29 is 28.5 Å². The van der Waals surface area contributed by atoms with Crippen molar-refractivity contribution in [3.05, 3.63) is 53.2 Å². The highest BCUT2D eigenvalue weighted by molar-refractivity contribution is 6.13. The second kappa shape index (κ2) is 10.2. The molecule has 8 heteroatoms. The van der Waals surface area contributed by atoms with Gasteiger partial charge in [-0.05, 0) is 55.8 Å². The lowest BCUT2D eigenvalue weighted by atomic mass is 10.1. The van der Waals surface area contributed by atoms with Crippen molar-refractivity contribution in [2.24, 2.45) is 4.99 Å². The summed E-state index contributed by atoms with van der Waals surface area (Å²) in [5.41, 5.74) is 1.41. The zero-order valence-electron chi connectivity index (χ0n) is 17.5. The first kappa shape index (κ1) is 21.7. The van der Waals surface area contributed by atoms with Crippen LogP contribution < -0.4 is 18.9 Å². The number of nitriles is 1. The molecular formula is C23H22N2O6. The molecule has 1 heterocycles. The Bertz CT molecular complexity index is 1070. The van der Waals surface area contributed by atoms with E-state index in [1.165, 1.54) is 7.11 Å². The molecule has 0 saturated heterocycles. The van der Waals surface area contributed by atoms with Gasteiger partial charge in [-0.2, -0.15) is 5.26 Å². The van der Waals surface area contributed by atoms with Crippen LogP contribution >= 0.6 is 0 Å². The van der Waals surface area contributed by atoms with Gasteiger partial charge in [0.2, 0.25) is 5.90 Å². The second-order valence-electron chi connectivity index (χ2n) is 6.22.